The van der Waals surface area contributed by atoms with Crippen LogP contribution in [0.4, 0.5) is 4.39 Å². The highest BCUT2D eigenvalue weighted by Gasteiger charge is 2.46. The van der Waals surface area contributed by atoms with E-state index >= 15 is 0 Å². The molecule has 0 fully saturated rings. The van der Waals surface area contributed by atoms with Gasteiger partial charge in [0.15, 0.2) is 0 Å². The number of hydrogen-bond donors (Lipinski definition) is 1. The fourth-order valence-corrected chi connectivity index (χ4v) is 5.31. The second kappa shape index (κ2) is 5.94. The lowest BCUT2D eigenvalue weighted by Gasteiger charge is -2.36. The minimum absolute atomic E-state index is 0.0210. The minimum atomic E-state index is -0.346. The molecule has 142 valence electrons. The van der Waals surface area contributed by atoms with E-state index in [2.05, 4.69) is 4.98 Å². The SMILES string of the molecule is O=C1c2ccccc2[C@@H]2c3[nH]c4ccccc4c3[C@H](c3c(F)cccc3Cl)CN12. The summed E-state index contributed by atoms with van der Waals surface area (Å²) in [6.45, 7) is 0.383. The average Bonchev–Trinajstić information content (AvgIpc) is 3.24. The zero-order valence-electron chi connectivity index (χ0n) is 15.3. The van der Waals surface area contributed by atoms with Crippen LogP contribution in [0.15, 0.2) is 66.7 Å². The molecule has 3 heterocycles. The molecule has 1 aromatic heterocycles. The number of aromatic nitrogens is 1. The number of amides is 1. The number of H-pyrrole nitrogens is 1. The summed E-state index contributed by atoms with van der Waals surface area (Å²) in [5.41, 5.74) is 5.10. The Balaban J connectivity index is 1.67. The third-order valence-electron chi connectivity index (χ3n) is 6.18. The second-order valence-corrected chi connectivity index (χ2v) is 8.04. The van der Waals surface area contributed by atoms with Crippen molar-refractivity contribution in [2.75, 3.05) is 6.54 Å². The normalized spacial score (nSPS) is 19.9. The Bertz CT molecular complexity index is 1290. The van der Waals surface area contributed by atoms with Gasteiger partial charge in [0, 0.05) is 45.2 Å². The van der Waals surface area contributed by atoms with Crippen molar-refractivity contribution >= 4 is 28.4 Å². The van der Waals surface area contributed by atoms with Crippen LogP contribution < -0.4 is 0 Å². The zero-order valence-corrected chi connectivity index (χ0v) is 16.1. The highest BCUT2D eigenvalue weighted by atomic mass is 35.5. The monoisotopic (exact) mass is 402 g/mol. The van der Waals surface area contributed by atoms with Gasteiger partial charge in [0.1, 0.15) is 5.82 Å². The van der Waals surface area contributed by atoms with Crippen molar-refractivity contribution in [2.45, 2.75) is 12.0 Å². The molecule has 2 atom stereocenters. The molecule has 0 aliphatic carbocycles. The number of nitrogens with one attached hydrogen (secondary N) is 1. The van der Waals surface area contributed by atoms with E-state index in [9.17, 15) is 9.18 Å². The fourth-order valence-electron chi connectivity index (χ4n) is 5.01. The molecule has 4 aromatic rings. The number of hydrogen-bond acceptors (Lipinski definition) is 1. The maximum absolute atomic E-state index is 14.9. The molecule has 1 N–H and O–H groups in total. The zero-order chi connectivity index (χ0) is 19.7. The number of aromatic amines is 1. The van der Waals surface area contributed by atoms with Crippen LogP contribution in [-0.4, -0.2) is 22.3 Å². The molecule has 5 heteroatoms. The standard InChI is InChI=1S/C24H16ClFN2O/c25-17-9-5-10-18(26)21(17)16-12-28-23(13-6-1-2-7-14(13)24(28)29)22-20(16)15-8-3-4-11-19(15)27-22/h1-11,16,23,27H,12H2/t16-,23-/m1/s1. The van der Waals surface area contributed by atoms with Crippen LogP contribution in [-0.2, 0) is 0 Å². The lowest BCUT2D eigenvalue weighted by atomic mass is 9.82. The van der Waals surface area contributed by atoms with Gasteiger partial charge in [0.05, 0.1) is 6.04 Å². The van der Waals surface area contributed by atoms with Gasteiger partial charge < -0.3 is 9.88 Å². The summed E-state index contributed by atoms with van der Waals surface area (Å²) in [7, 11) is 0. The molecule has 0 spiro atoms. The van der Waals surface area contributed by atoms with Gasteiger partial charge in [-0.3, -0.25) is 4.79 Å². The van der Waals surface area contributed by atoms with Crippen LogP contribution in [0.2, 0.25) is 5.02 Å². The summed E-state index contributed by atoms with van der Waals surface area (Å²) >= 11 is 6.46. The number of carbonyl (C=O) groups excluding carboxylic acids is 1. The second-order valence-electron chi connectivity index (χ2n) is 7.63. The van der Waals surface area contributed by atoms with Crippen molar-refractivity contribution in [3.05, 3.63) is 106 Å². The number of fused-ring (bicyclic) bond motifs is 7. The van der Waals surface area contributed by atoms with E-state index in [0.29, 0.717) is 22.7 Å². The van der Waals surface area contributed by atoms with Gasteiger partial charge in [-0.15, -0.1) is 0 Å². The molecule has 2 aliphatic rings. The Labute approximate surface area is 171 Å². The molecule has 6 rings (SSSR count). The first kappa shape index (κ1) is 16.8. The van der Waals surface area contributed by atoms with Crippen LogP contribution in [0, 0.1) is 5.82 Å². The summed E-state index contributed by atoms with van der Waals surface area (Å²) < 4.78 is 14.9. The van der Waals surface area contributed by atoms with E-state index in [4.69, 9.17) is 11.6 Å². The number of carbonyl (C=O) groups is 1. The fraction of sp³-hybridized carbons (Fsp3) is 0.125. The van der Waals surface area contributed by atoms with Crippen LogP contribution in [0.25, 0.3) is 10.9 Å². The average molecular weight is 403 g/mol. The smallest absolute Gasteiger partial charge is 0.255 e. The third-order valence-corrected chi connectivity index (χ3v) is 6.51. The van der Waals surface area contributed by atoms with E-state index in [1.54, 1.807) is 12.1 Å². The first-order valence-corrected chi connectivity index (χ1v) is 9.97. The lowest BCUT2D eigenvalue weighted by Crippen LogP contribution is -2.38. The molecule has 0 saturated heterocycles. The molecular weight excluding hydrogens is 387 g/mol. The minimum Gasteiger partial charge on any atom is -0.356 e. The summed E-state index contributed by atoms with van der Waals surface area (Å²) in [4.78, 5) is 18.6. The van der Waals surface area contributed by atoms with Gasteiger partial charge in [-0.1, -0.05) is 54.1 Å². The van der Waals surface area contributed by atoms with Gasteiger partial charge in [-0.05, 0) is 35.4 Å². The summed E-state index contributed by atoms with van der Waals surface area (Å²) in [6, 6.07) is 20.3. The molecular formula is C24H16ClFN2O. The molecule has 1 amide bonds. The van der Waals surface area contributed by atoms with Gasteiger partial charge in [-0.25, -0.2) is 4.39 Å². The highest BCUT2D eigenvalue weighted by molar-refractivity contribution is 6.31. The van der Waals surface area contributed by atoms with E-state index in [-0.39, 0.29) is 23.7 Å². The summed E-state index contributed by atoms with van der Waals surface area (Å²) in [6.07, 6.45) is 0. The number of benzene rings is 3. The third kappa shape index (κ3) is 2.21. The van der Waals surface area contributed by atoms with Crippen molar-refractivity contribution in [3.8, 4) is 0 Å². The van der Waals surface area contributed by atoms with Crippen molar-refractivity contribution in [1.82, 2.24) is 9.88 Å². The number of para-hydroxylation sites is 1. The Hall–Kier alpha value is -3.11. The van der Waals surface area contributed by atoms with E-state index in [1.165, 1.54) is 6.07 Å². The number of rotatable bonds is 1. The maximum Gasteiger partial charge on any atom is 0.255 e. The molecule has 0 unspecified atom stereocenters. The van der Waals surface area contributed by atoms with Gasteiger partial charge in [0.25, 0.3) is 5.91 Å². The molecule has 0 bridgehead atoms. The van der Waals surface area contributed by atoms with E-state index in [1.807, 2.05) is 53.4 Å². The predicted molar refractivity (Wildman–Crippen MR) is 111 cm³/mol. The largest absolute Gasteiger partial charge is 0.356 e. The lowest BCUT2D eigenvalue weighted by molar-refractivity contribution is 0.0727. The van der Waals surface area contributed by atoms with Crippen LogP contribution >= 0.6 is 11.6 Å². The molecule has 0 saturated carbocycles. The van der Waals surface area contributed by atoms with Gasteiger partial charge in [0.2, 0.25) is 0 Å². The van der Waals surface area contributed by atoms with E-state index in [0.717, 1.165) is 27.7 Å². The molecule has 3 nitrogen and oxygen atoms in total. The highest BCUT2D eigenvalue weighted by Crippen LogP contribution is 2.50. The number of nitrogens with zero attached hydrogens (tertiary/aromatic N) is 1. The van der Waals surface area contributed by atoms with Crippen LogP contribution in [0.3, 0.4) is 0 Å². The Morgan fingerprint density at radius 3 is 2.62 bits per heavy atom. The molecule has 0 radical (unpaired) electrons. The van der Waals surface area contributed by atoms with E-state index < -0.39 is 0 Å². The molecule has 3 aromatic carbocycles. The Morgan fingerprint density at radius 1 is 0.966 bits per heavy atom. The topological polar surface area (TPSA) is 36.1 Å². The van der Waals surface area contributed by atoms with Gasteiger partial charge in [-0.2, -0.15) is 0 Å². The number of halogens is 2. The van der Waals surface area contributed by atoms with Crippen molar-refractivity contribution in [1.29, 1.82) is 0 Å². The first-order chi connectivity index (χ1) is 14.1. The van der Waals surface area contributed by atoms with Crippen LogP contribution in [0.5, 0.6) is 0 Å². The Morgan fingerprint density at radius 2 is 1.76 bits per heavy atom. The van der Waals surface area contributed by atoms with Crippen LogP contribution in [0.1, 0.15) is 44.7 Å². The quantitative estimate of drug-likeness (QED) is 0.438. The van der Waals surface area contributed by atoms with Crippen molar-refractivity contribution < 1.29 is 9.18 Å². The van der Waals surface area contributed by atoms with Crippen molar-refractivity contribution in [2.24, 2.45) is 0 Å². The summed E-state index contributed by atoms with van der Waals surface area (Å²) in [5.74, 6) is -0.710. The summed E-state index contributed by atoms with van der Waals surface area (Å²) in [5, 5.41) is 1.43. The molecule has 29 heavy (non-hydrogen) atoms. The van der Waals surface area contributed by atoms with Gasteiger partial charge >= 0.3 is 0 Å². The molecule has 2 aliphatic heterocycles. The maximum atomic E-state index is 14.9. The first-order valence-electron chi connectivity index (χ1n) is 9.59. The predicted octanol–water partition coefficient (Wildman–Crippen LogP) is 5.65. The Kier molecular flexibility index (Phi) is 3.44. The van der Waals surface area contributed by atoms with Crippen molar-refractivity contribution in [3.63, 3.8) is 0 Å².